The van der Waals surface area contributed by atoms with Crippen molar-refractivity contribution in [3.8, 4) is 0 Å². The zero-order valence-corrected chi connectivity index (χ0v) is 19.5. The van der Waals surface area contributed by atoms with E-state index in [4.69, 9.17) is 11.6 Å². The monoisotopic (exact) mass is 440 g/mol. The number of carbonyl (C=O) groups excluding carboxylic acids is 2. The van der Waals surface area contributed by atoms with Crippen molar-refractivity contribution in [3.05, 3.63) is 69.7 Å². The zero-order valence-electron chi connectivity index (χ0n) is 18.8. The molecule has 0 bridgehead atoms. The normalized spacial score (nSPS) is 15.4. The summed E-state index contributed by atoms with van der Waals surface area (Å²) in [7, 11) is 0. The minimum atomic E-state index is -0.573. The lowest BCUT2D eigenvalue weighted by Crippen LogP contribution is -2.50. The third kappa shape index (κ3) is 6.57. The maximum Gasteiger partial charge on any atom is 0.242 e. The fraction of sp³-hybridized carbons (Fsp3) is 0.462. The third-order valence-electron chi connectivity index (χ3n) is 6.05. The van der Waals surface area contributed by atoms with E-state index >= 15 is 0 Å². The Bertz CT molecular complexity index is 901. The quantitative estimate of drug-likeness (QED) is 0.629. The number of nitrogens with zero attached hydrogens (tertiary/aromatic N) is 1. The highest BCUT2D eigenvalue weighted by Gasteiger charge is 2.28. The summed E-state index contributed by atoms with van der Waals surface area (Å²) in [5.74, 6) is -0.163. The minimum absolute atomic E-state index is 0.0730. The summed E-state index contributed by atoms with van der Waals surface area (Å²) in [6.45, 7) is 6.18. The largest absolute Gasteiger partial charge is 0.352 e. The number of amides is 2. The van der Waals surface area contributed by atoms with E-state index in [1.807, 2.05) is 57.2 Å². The number of rotatable bonds is 7. The molecule has 1 atom stereocenters. The van der Waals surface area contributed by atoms with Gasteiger partial charge in [0.25, 0.3) is 0 Å². The average molecular weight is 441 g/mol. The topological polar surface area (TPSA) is 49.4 Å². The van der Waals surface area contributed by atoms with E-state index < -0.39 is 6.04 Å². The van der Waals surface area contributed by atoms with Crippen LogP contribution in [-0.4, -0.2) is 28.8 Å². The first kappa shape index (κ1) is 23.3. The van der Waals surface area contributed by atoms with Gasteiger partial charge in [-0.2, -0.15) is 0 Å². The molecule has 1 saturated carbocycles. The number of nitrogens with one attached hydrogen (secondary N) is 1. The molecule has 0 unspecified atom stereocenters. The van der Waals surface area contributed by atoms with E-state index in [-0.39, 0.29) is 24.3 Å². The molecule has 166 valence electrons. The van der Waals surface area contributed by atoms with Gasteiger partial charge in [0.1, 0.15) is 6.04 Å². The molecule has 2 aromatic carbocycles. The molecule has 3 rings (SSSR count). The Hall–Kier alpha value is -2.33. The summed E-state index contributed by atoms with van der Waals surface area (Å²) in [4.78, 5) is 28.1. The van der Waals surface area contributed by atoms with Gasteiger partial charge in [0, 0.05) is 17.6 Å². The number of benzene rings is 2. The smallest absolute Gasteiger partial charge is 0.242 e. The van der Waals surface area contributed by atoms with Gasteiger partial charge >= 0.3 is 0 Å². The lowest BCUT2D eigenvalue weighted by Gasteiger charge is -2.31. The van der Waals surface area contributed by atoms with Crippen molar-refractivity contribution in [3.63, 3.8) is 0 Å². The molecular formula is C26H33ClN2O2. The molecule has 1 aliphatic carbocycles. The number of halogens is 1. The molecule has 0 radical (unpaired) electrons. The molecular weight excluding hydrogens is 408 g/mol. The molecule has 1 aliphatic rings. The van der Waals surface area contributed by atoms with Crippen molar-refractivity contribution in [2.45, 2.75) is 77.9 Å². The fourth-order valence-corrected chi connectivity index (χ4v) is 4.60. The van der Waals surface area contributed by atoms with Crippen LogP contribution in [0.1, 0.15) is 61.3 Å². The SMILES string of the molecule is Cc1cc(C)cc(CC(=O)N(Cc2ccccc2Cl)[C@H](C)C(=O)NC2CCCCC2)c1. The summed E-state index contributed by atoms with van der Waals surface area (Å²) >= 11 is 6.38. The first-order valence-corrected chi connectivity index (χ1v) is 11.6. The first-order chi connectivity index (χ1) is 14.8. The van der Waals surface area contributed by atoms with E-state index in [1.165, 1.54) is 6.42 Å². The first-order valence-electron chi connectivity index (χ1n) is 11.2. The van der Waals surface area contributed by atoms with Gasteiger partial charge in [-0.3, -0.25) is 9.59 Å². The van der Waals surface area contributed by atoms with E-state index in [0.717, 1.165) is 47.9 Å². The van der Waals surface area contributed by atoms with E-state index in [9.17, 15) is 9.59 Å². The van der Waals surface area contributed by atoms with Crippen molar-refractivity contribution >= 4 is 23.4 Å². The Labute approximate surface area is 191 Å². The van der Waals surface area contributed by atoms with Crippen LogP contribution in [0.3, 0.4) is 0 Å². The second kappa shape index (κ2) is 10.8. The number of carbonyl (C=O) groups is 2. The summed E-state index contributed by atoms with van der Waals surface area (Å²) < 4.78 is 0. The van der Waals surface area contributed by atoms with Crippen LogP contribution >= 0.6 is 11.6 Å². The Morgan fingerprint density at radius 1 is 1.06 bits per heavy atom. The molecule has 0 aromatic heterocycles. The Kier molecular flexibility index (Phi) is 8.14. The van der Waals surface area contributed by atoms with Crippen LogP contribution in [0.5, 0.6) is 0 Å². The van der Waals surface area contributed by atoms with Gasteiger partial charge in [0.15, 0.2) is 0 Å². The maximum absolute atomic E-state index is 13.4. The molecule has 1 N–H and O–H groups in total. The van der Waals surface area contributed by atoms with Crippen LogP contribution in [0.4, 0.5) is 0 Å². The molecule has 1 fully saturated rings. The Morgan fingerprint density at radius 2 is 1.71 bits per heavy atom. The van der Waals surface area contributed by atoms with Crippen molar-refractivity contribution in [1.82, 2.24) is 10.2 Å². The van der Waals surface area contributed by atoms with Crippen molar-refractivity contribution in [2.75, 3.05) is 0 Å². The highest BCUT2D eigenvalue weighted by atomic mass is 35.5. The lowest BCUT2D eigenvalue weighted by atomic mass is 9.95. The fourth-order valence-electron chi connectivity index (χ4n) is 4.41. The number of hydrogen-bond acceptors (Lipinski definition) is 2. The summed E-state index contributed by atoms with van der Waals surface area (Å²) in [5.41, 5.74) is 4.06. The molecule has 2 amide bonds. The van der Waals surface area contributed by atoms with Crippen LogP contribution in [0.2, 0.25) is 5.02 Å². The van der Waals surface area contributed by atoms with Crippen molar-refractivity contribution in [1.29, 1.82) is 0 Å². The Morgan fingerprint density at radius 3 is 2.35 bits per heavy atom. The zero-order chi connectivity index (χ0) is 22.4. The third-order valence-corrected chi connectivity index (χ3v) is 6.42. The van der Waals surface area contributed by atoms with Gasteiger partial charge in [-0.05, 0) is 50.8 Å². The molecule has 2 aromatic rings. The standard InChI is InChI=1S/C26H33ClN2O2/c1-18-13-19(2)15-21(14-18)16-25(30)29(17-22-9-7-8-12-24(22)27)20(3)26(31)28-23-10-5-4-6-11-23/h7-9,12-15,20,23H,4-6,10-11,16-17H2,1-3H3,(H,28,31)/t20-/m1/s1. The van der Waals surface area contributed by atoms with Crippen LogP contribution in [0.15, 0.2) is 42.5 Å². The number of hydrogen-bond donors (Lipinski definition) is 1. The van der Waals surface area contributed by atoms with Crippen molar-refractivity contribution < 1.29 is 9.59 Å². The summed E-state index contributed by atoms with van der Waals surface area (Å²) in [6, 6.07) is 13.3. The highest BCUT2D eigenvalue weighted by molar-refractivity contribution is 6.31. The van der Waals surface area contributed by atoms with Crippen LogP contribution < -0.4 is 5.32 Å². The molecule has 5 heteroatoms. The second-order valence-electron chi connectivity index (χ2n) is 8.81. The van der Waals surface area contributed by atoms with Crippen LogP contribution in [0, 0.1) is 13.8 Å². The van der Waals surface area contributed by atoms with Gasteiger partial charge in [0.2, 0.25) is 11.8 Å². The predicted molar refractivity (Wildman–Crippen MR) is 126 cm³/mol. The summed E-state index contributed by atoms with van der Waals surface area (Å²) in [6.07, 6.45) is 5.81. The molecule has 31 heavy (non-hydrogen) atoms. The highest BCUT2D eigenvalue weighted by Crippen LogP contribution is 2.21. The van der Waals surface area contributed by atoms with E-state index in [0.29, 0.717) is 11.6 Å². The molecule has 0 aliphatic heterocycles. The predicted octanol–water partition coefficient (Wildman–Crippen LogP) is 5.37. The average Bonchev–Trinajstić information content (AvgIpc) is 2.72. The second-order valence-corrected chi connectivity index (χ2v) is 9.21. The van der Waals surface area contributed by atoms with Gasteiger partial charge < -0.3 is 10.2 Å². The van der Waals surface area contributed by atoms with Gasteiger partial charge in [0.05, 0.1) is 6.42 Å². The van der Waals surface area contributed by atoms with Gasteiger partial charge in [-0.25, -0.2) is 0 Å². The van der Waals surface area contributed by atoms with Crippen molar-refractivity contribution in [2.24, 2.45) is 0 Å². The molecule has 0 saturated heterocycles. The molecule has 0 spiro atoms. The molecule has 4 nitrogen and oxygen atoms in total. The van der Waals surface area contributed by atoms with Gasteiger partial charge in [-0.1, -0.05) is 78.4 Å². The maximum atomic E-state index is 13.4. The van der Waals surface area contributed by atoms with E-state index in [2.05, 4.69) is 11.4 Å². The lowest BCUT2D eigenvalue weighted by molar-refractivity contribution is -0.140. The summed E-state index contributed by atoms with van der Waals surface area (Å²) in [5, 5.41) is 3.77. The number of aryl methyl sites for hydroxylation is 2. The Balaban J connectivity index is 1.79. The minimum Gasteiger partial charge on any atom is -0.352 e. The van der Waals surface area contributed by atoms with E-state index in [1.54, 1.807) is 4.90 Å². The molecule has 0 heterocycles. The van der Waals surface area contributed by atoms with Crippen LogP contribution in [0.25, 0.3) is 0 Å². The van der Waals surface area contributed by atoms with Crippen LogP contribution in [-0.2, 0) is 22.6 Å². The van der Waals surface area contributed by atoms with Gasteiger partial charge in [-0.15, -0.1) is 0 Å².